The molecule has 196 valence electrons. The van der Waals surface area contributed by atoms with Crippen LogP contribution in [0.3, 0.4) is 0 Å². The van der Waals surface area contributed by atoms with Crippen LogP contribution < -0.4 is 0 Å². The number of fused-ring (bicyclic) bond motifs is 4. The summed E-state index contributed by atoms with van der Waals surface area (Å²) >= 11 is 0. The fourth-order valence-electron chi connectivity index (χ4n) is 6.09. The molecule has 3 heteroatoms. The summed E-state index contributed by atoms with van der Waals surface area (Å²) in [6.07, 6.45) is 7.61. The predicted octanol–water partition coefficient (Wildman–Crippen LogP) is 10.00. The van der Waals surface area contributed by atoms with Gasteiger partial charge in [-0.25, -0.2) is 0 Å². The zero-order chi connectivity index (χ0) is 27.9. The van der Waals surface area contributed by atoms with Gasteiger partial charge in [-0.3, -0.25) is 15.0 Å². The molecule has 0 radical (unpaired) electrons. The second kappa shape index (κ2) is 10.1. The maximum atomic E-state index is 4.91. The molecule has 0 amide bonds. The number of benzene rings is 5. The van der Waals surface area contributed by atoms with Crippen molar-refractivity contribution in [2.45, 2.75) is 0 Å². The second-order valence-electron chi connectivity index (χ2n) is 10.5. The van der Waals surface area contributed by atoms with E-state index >= 15 is 0 Å². The van der Waals surface area contributed by atoms with E-state index in [-0.39, 0.29) is 0 Å². The topological polar surface area (TPSA) is 38.7 Å². The molecule has 0 unspecified atom stereocenters. The molecule has 8 aromatic rings. The predicted molar refractivity (Wildman–Crippen MR) is 174 cm³/mol. The number of rotatable bonds is 4. The molecule has 3 nitrogen and oxygen atoms in total. The van der Waals surface area contributed by atoms with Crippen molar-refractivity contribution in [3.05, 3.63) is 152 Å². The molecule has 0 aliphatic rings. The number of aromatic nitrogens is 3. The average Bonchev–Trinajstić information content (AvgIpc) is 3.08. The van der Waals surface area contributed by atoms with Crippen LogP contribution in [0, 0.1) is 0 Å². The molecule has 0 N–H and O–H groups in total. The van der Waals surface area contributed by atoms with Crippen LogP contribution in [0.5, 0.6) is 0 Å². The van der Waals surface area contributed by atoms with E-state index in [0.29, 0.717) is 0 Å². The van der Waals surface area contributed by atoms with Crippen LogP contribution in [0.1, 0.15) is 0 Å². The highest BCUT2D eigenvalue weighted by Crippen LogP contribution is 2.41. The summed E-state index contributed by atoms with van der Waals surface area (Å²) in [4.78, 5) is 14.1. The minimum atomic E-state index is 0.913. The first-order chi connectivity index (χ1) is 20.8. The first-order valence-corrected chi connectivity index (χ1v) is 14.1. The Balaban J connectivity index is 1.31. The van der Waals surface area contributed by atoms with Gasteiger partial charge in [-0.05, 0) is 62.4 Å². The van der Waals surface area contributed by atoms with E-state index in [1.165, 1.54) is 33.0 Å². The van der Waals surface area contributed by atoms with Crippen LogP contribution in [-0.4, -0.2) is 15.0 Å². The van der Waals surface area contributed by atoms with E-state index in [4.69, 9.17) is 9.97 Å². The highest BCUT2D eigenvalue weighted by molar-refractivity contribution is 6.12. The van der Waals surface area contributed by atoms with Crippen LogP contribution in [0.2, 0.25) is 0 Å². The fourth-order valence-corrected chi connectivity index (χ4v) is 6.09. The Bertz CT molecular complexity index is 2240. The fraction of sp³-hybridized carbons (Fsp3) is 0. The second-order valence-corrected chi connectivity index (χ2v) is 10.5. The molecular weight excluding hydrogens is 510 g/mol. The van der Waals surface area contributed by atoms with Gasteiger partial charge < -0.3 is 0 Å². The van der Waals surface area contributed by atoms with Crippen LogP contribution in [0.25, 0.3) is 77.1 Å². The molecule has 3 aromatic heterocycles. The lowest BCUT2D eigenvalue weighted by Crippen LogP contribution is -1.92. The van der Waals surface area contributed by atoms with Crippen molar-refractivity contribution >= 4 is 32.6 Å². The monoisotopic (exact) mass is 535 g/mol. The zero-order valence-electron chi connectivity index (χ0n) is 22.8. The SMILES string of the molecule is c1ccc(-c2cnc3c(ccc4c(-c5ccccc5-c5ccc(-c6cccnc6)c6ccccc56)ccnc43)c2)cc1. The largest absolute Gasteiger partial charge is 0.264 e. The van der Waals surface area contributed by atoms with Gasteiger partial charge in [0.2, 0.25) is 0 Å². The summed E-state index contributed by atoms with van der Waals surface area (Å²) < 4.78 is 0. The van der Waals surface area contributed by atoms with Gasteiger partial charge in [-0.1, -0.05) is 109 Å². The molecule has 0 spiro atoms. The number of hydrogen-bond donors (Lipinski definition) is 0. The average molecular weight is 536 g/mol. The van der Waals surface area contributed by atoms with E-state index in [9.17, 15) is 0 Å². The molecule has 42 heavy (non-hydrogen) atoms. The third kappa shape index (κ3) is 4.03. The molecule has 0 aliphatic carbocycles. The van der Waals surface area contributed by atoms with Crippen molar-refractivity contribution < 1.29 is 0 Å². The normalized spacial score (nSPS) is 11.3. The van der Waals surface area contributed by atoms with Gasteiger partial charge in [0.05, 0.1) is 11.0 Å². The summed E-state index contributed by atoms with van der Waals surface area (Å²) in [5, 5.41) is 4.60. The van der Waals surface area contributed by atoms with Crippen LogP contribution in [0.15, 0.2) is 152 Å². The summed E-state index contributed by atoms with van der Waals surface area (Å²) in [6.45, 7) is 0. The molecular formula is C39H25N3. The Morgan fingerprint density at radius 2 is 1.05 bits per heavy atom. The standard InChI is InChI=1S/C39H25N3/c1-2-9-26(10-3-1)29-23-27-16-17-37-36(20-22-41-39(37)38(27)42-25-29)34-15-7-6-14-33(34)35-19-18-30(28-11-8-21-40-24-28)31-12-4-5-13-32(31)35/h1-25H. The Labute approximate surface area is 243 Å². The lowest BCUT2D eigenvalue weighted by molar-refractivity contribution is 1.33. The maximum Gasteiger partial charge on any atom is 0.0970 e. The van der Waals surface area contributed by atoms with Crippen molar-refractivity contribution in [3.63, 3.8) is 0 Å². The van der Waals surface area contributed by atoms with E-state index in [0.717, 1.165) is 44.1 Å². The Kier molecular flexibility index (Phi) is 5.79. The molecule has 0 atom stereocenters. The highest BCUT2D eigenvalue weighted by Gasteiger charge is 2.16. The lowest BCUT2D eigenvalue weighted by Gasteiger charge is -2.16. The molecule has 0 aliphatic heterocycles. The van der Waals surface area contributed by atoms with Gasteiger partial charge in [0, 0.05) is 46.7 Å². The van der Waals surface area contributed by atoms with E-state index in [1.807, 2.05) is 36.9 Å². The summed E-state index contributed by atoms with van der Waals surface area (Å²) in [6, 6.07) is 44.9. The molecule has 0 fully saturated rings. The molecule has 5 aromatic carbocycles. The Morgan fingerprint density at radius 1 is 0.357 bits per heavy atom. The van der Waals surface area contributed by atoms with Gasteiger partial charge in [0.1, 0.15) is 0 Å². The van der Waals surface area contributed by atoms with Crippen LogP contribution >= 0.6 is 0 Å². The zero-order valence-corrected chi connectivity index (χ0v) is 22.8. The Morgan fingerprint density at radius 3 is 1.83 bits per heavy atom. The van der Waals surface area contributed by atoms with Crippen LogP contribution in [-0.2, 0) is 0 Å². The van der Waals surface area contributed by atoms with E-state index < -0.39 is 0 Å². The van der Waals surface area contributed by atoms with E-state index in [1.54, 1.807) is 0 Å². The maximum absolute atomic E-state index is 4.91. The van der Waals surface area contributed by atoms with Crippen molar-refractivity contribution in [1.29, 1.82) is 0 Å². The summed E-state index contributed by atoms with van der Waals surface area (Å²) in [5.74, 6) is 0. The molecule has 0 saturated carbocycles. The Hall–Kier alpha value is -5.67. The first kappa shape index (κ1) is 24.2. The van der Waals surface area contributed by atoms with Gasteiger partial charge in [0.25, 0.3) is 0 Å². The van der Waals surface area contributed by atoms with Crippen molar-refractivity contribution in [1.82, 2.24) is 15.0 Å². The smallest absolute Gasteiger partial charge is 0.0970 e. The minimum Gasteiger partial charge on any atom is -0.264 e. The van der Waals surface area contributed by atoms with Gasteiger partial charge >= 0.3 is 0 Å². The van der Waals surface area contributed by atoms with Crippen molar-refractivity contribution in [3.8, 4) is 44.5 Å². The number of hydrogen-bond acceptors (Lipinski definition) is 3. The molecule has 0 saturated heterocycles. The minimum absolute atomic E-state index is 0.913. The third-order valence-electron chi connectivity index (χ3n) is 8.07. The van der Waals surface area contributed by atoms with Gasteiger partial charge in [0.15, 0.2) is 0 Å². The number of nitrogens with zero attached hydrogens (tertiary/aromatic N) is 3. The van der Waals surface area contributed by atoms with Crippen LogP contribution in [0.4, 0.5) is 0 Å². The first-order valence-electron chi connectivity index (χ1n) is 14.1. The highest BCUT2D eigenvalue weighted by atomic mass is 14.7. The van der Waals surface area contributed by atoms with E-state index in [2.05, 4.69) is 120 Å². The lowest BCUT2D eigenvalue weighted by atomic mass is 9.88. The van der Waals surface area contributed by atoms with Gasteiger partial charge in [-0.2, -0.15) is 0 Å². The van der Waals surface area contributed by atoms with Crippen molar-refractivity contribution in [2.75, 3.05) is 0 Å². The summed E-state index contributed by atoms with van der Waals surface area (Å²) in [5.41, 5.74) is 11.1. The van der Waals surface area contributed by atoms with Crippen molar-refractivity contribution in [2.24, 2.45) is 0 Å². The van der Waals surface area contributed by atoms with Gasteiger partial charge in [-0.15, -0.1) is 0 Å². The third-order valence-corrected chi connectivity index (χ3v) is 8.07. The quantitative estimate of drug-likeness (QED) is 0.211. The molecule has 8 rings (SSSR count). The number of pyridine rings is 3. The molecule has 3 heterocycles. The molecule has 0 bridgehead atoms. The summed E-state index contributed by atoms with van der Waals surface area (Å²) in [7, 11) is 0.